The Morgan fingerprint density at radius 1 is 0.815 bits per heavy atom. The lowest BCUT2D eigenvalue weighted by Gasteiger charge is -2.12. The number of hydrogen-bond donors (Lipinski definition) is 5. The predicted molar refractivity (Wildman–Crippen MR) is 109 cm³/mol. The highest BCUT2D eigenvalue weighted by Crippen LogP contribution is 2.02. The van der Waals surface area contributed by atoms with Crippen LogP contribution >= 0.6 is 12.2 Å². The number of carbonyl (C=O) groups is 2. The monoisotopic (exact) mass is 385 g/mol. The summed E-state index contributed by atoms with van der Waals surface area (Å²) in [5.74, 6) is -0.413. The van der Waals surface area contributed by atoms with E-state index in [-0.39, 0.29) is 11.7 Å². The van der Waals surface area contributed by atoms with E-state index in [0.717, 1.165) is 16.7 Å². The van der Waals surface area contributed by atoms with Gasteiger partial charge in [-0.05, 0) is 30.3 Å². The van der Waals surface area contributed by atoms with Crippen LogP contribution in [0.4, 0.5) is 4.79 Å². The van der Waals surface area contributed by atoms with Crippen LogP contribution < -0.4 is 26.8 Å². The van der Waals surface area contributed by atoms with E-state index in [1.165, 1.54) is 0 Å². The maximum atomic E-state index is 11.7. The summed E-state index contributed by atoms with van der Waals surface area (Å²) in [6.07, 6.45) is 0. The van der Waals surface area contributed by atoms with E-state index < -0.39 is 11.9 Å². The normalized spacial score (nSPS) is 9.81. The van der Waals surface area contributed by atoms with E-state index >= 15 is 0 Å². The molecule has 5 N–H and O–H groups in total. The average molecular weight is 385 g/mol. The highest BCUT2D eigenvalue weighted by molar-refractivity contribution is 7.80. The van der Waals surface area contributed by atoms with Crippen LogP contribution in [0.1, 0.15) is 16.7 Å². The molecule has 2 rings (SSSR count). The summed E-state index contributed by atoms with van der Waals surface area (Å²) in [4.78, 5) is 23.5. The lowest BCUT2D eigenvalue weighted by molar-refractivity contribution is -0.120. The lowest BCUT2D eigenvalue weighted by Crippen LogP contribution is -2.50. The molecule has 2 aromatic rings. The van der Waals surface area contributed by atoms with Crippen LogP contribution in [-0.4, -0.2) is 23.6 Å². The van der Waals surface area contributed by atoms with Crippen molar-refractivity contribution in [3.8, 4) is 0 Å². The summed E-state index contributed by atoms with van der Waals surface area (Å²) < 4.78 is 0. The lowest BCUT2D eigenvalue weighted by atomic mass is 10.1. The number of rotatable bonds is 6. The maximum absolute atomic E-state index is 11.7. The van der Waals surface area contributed by atoms with E-state index in [4.69, 9.17) is 12.2 Å². The van der Waals surface area contributed by atoms with E-state index in [1.807, 2.05) is 61.5 Å². The third-order valence-electron chi connectivity index (χ3n) is 3.59. The minimum atomic E-state index is -0.421. The van der Waals surface area contributed by atoms with E-state index in [9.17, 15) is 9.59 Å². The third kappa shape index (κ3) is 8.19. The van der Waals surface area contributed by atoms with Crippen molar-refractivity contribution in [3.05, 3.63) is 71.3 Å². The standard InChI is InChI=1S/C19H23N5O2S/c1-14-7-9-16(10-8-14)11-20-18(26)21-13-17(25)23-24-19(27)22-12-15-5-3-2-4-6-15/h2-10H,11-13H2,1H3,(H,23,25)(H2,20,21,26)(H2,22,24,27). The largest absolute Gasteiger partial charge is 0.357 e. The van der Waals surface area contributed by atoms with Gasteiger partial charge in [0.2, 0.25) is 0 Å². The van der Waals surface area contributed by atoms with Crippen molar-refractivity contribution in [2.45, 2.75) is 20.0 Å². The third-order valence-corrected chi connectivity index (χ3v) is 3.84. The van der Waals surface area contributed by atoms with Gasteiger partial charge in [0, 0.05) is 13.1 Å². The molecule has 0 aliphatic rings. The molecular weight excluding hydrogens is 362 g/mol. The number of thiocarbonyl (C=S) groups is 1. The van der Waals surface area contributed by atoms with E-state index in [2.05, 4.69) is 26.8 Å². The number of urea groups is 1. The average Bonchev–Trinajstić information content (AvgIpc) is 2.69. The number of benzene rings is 2. The van der Waals surface area contributed by atoms with Gasteiger partial charge in [-0.15, -0.1) is 0 Å². The smallest absolute Gasteiger partial charge is 0.315 e. The number of nitrogens with one attached hydrogen (secondary N) is 5. The maximum Gasteiger partial charge on any atom is 0.315 e. The molecule has 0 spiro atoms. The molecule has 0 heterocycles. The van der Waals surface area contributed by atoms with Gasteiger partial charge < -0.3 is 16.0 Å². The van der Waals surface area contributed by atoms with E-state index in [1.54, 1.807) is 0 Å². The van der Waals surface area contributed by atoms with Crippen LogP contribution in [0.25, 0.3) is 0 Å². The quantitative estimate of drug-likeness (QED) is 0.384. The van der Waals surface area contributed by atoms with Crippen molar-refractivity contribution in [3.63, 3.8) is 0 Å². The minimum Gasteiger partial charge on any atom is -0.357 e. The van der Waals surface area contributed by atoms with Crippen LogP contribution in [0.5, 0.6) is 0 Å². The fraction of sp³-hybridized carbons (Fsp3) is 0.211. The van der Waals surface area contributed by atoms with Gasteiger partial charge in [0.25, 0.3) is 5.91 Å². The molecular formula is C19H23N5O2S. The summed E-state index contributed by atoms with van der Waals surface area (Å²) in [7, 11) is 0. The van der Waals surface area contributed by atoms with Crippen molar-refractivity contribution in [1.82, 2.24) is 26.8 Å². The molecule has 0 fully saturated rings. The molecule has 0 saturated carbocycles. The Hall–Kier alpha value is -3.13. The van der Waals surface area contributed by atoms with Crippen LogP contribution in [0, 0.1) is 6.92 Å². The van der Waals surface area contributed by atoms with Crippen LogP contribution in [0.15, 0.2) is 54.6 Å². The van der Waals surface area contributed by atoms with Crippen molar-refractivity contribution in [2.75, 3.05) is 6.54 Å². The molecule has 0 unspecified atom stereocenters. The van der Waals surface area contributed by atoms with Crippen LogP contribution in [-0.2, 0) is 17.9 Å². The Morgan fingerprint density at radius 3 is 2.15 bits per heavy atom. The number of hydrogen-bond acceptors (Lipinski definition) is 3. The summed E-state index contributed by atoms with van der Waals surface area (Å²) >= 11 is 5.08. The molecule has 7 nitrogen and oxygen atoms in total. The first-order valence-corrected chi connectivity index (χ1v) is 8.87. The first-order chi connectivity index (χ1) is 13.0. The van der Waals surface area contributed by atoms with Gasteiger partial charge >= 0.3 is 6.03 Å². The van der Waals surface area contributed by atoms with Gasteiger partial charge in [-0.1, -0.05) is 60.2 Å². The molecule has 0 bridgehead atoms. The Labute approximate surface area is 163 Å². The predicted octanol–water partition coefficient (Wildman–Crippen LogP) is 1.49. The number of carbonyl (C=O) groups excluding carboxylic acids is 2. The van der Waals surface area contributed by atoms with Gasteiger partial charge in [0.15, 0.2) is 5.11 Å². The highest BCUT2D eigenvalue weighted by atomic mass is 32.1. The second kappa shape index (κ2) is 10.8. The molecule has 0 radical (unpaired) electrons. The van der Waals surface area contributed by atoms with Crippen molar-refractivity contribution in [1.29, 1.82) is 0 Å². The first-order valence-electron chi connectivity index (χ1n) is 8.47. The number of hydrazine groups is 1. The van der Waals surface area contributed by atoms with Crippen LogP contribution in [0.2, 0.25) is 0 Å². The minimum absolute atomic E-state index is 0.173. The van der Waals surface area contributed by atoms with Gasteiger partial charge in [-0.2, -0.15) is 0 Å². The highest BCUT2D eigenvalue weighted by Gasteiger charge is 2.05. The molecule has 0 saturated heterocycles. The van der Waals surface area contributed by atoms with Crippen molar-refractivity contribution >= 4 is 29.3 Å². The fourth-order valence-corrected chi connectivity index (χ4v) is 2.23. The summed E-state index contributed by atoms with van der Waals surface area (Å²) in [5, 5.41) is 8.42. The van der Waals surface area contributed by atoms with Crippen LogP contribution in [0.3, 0.4) is 0 Å². The molecule has 142 valence electrons. The Balaban J connectivity index is 1.57. The van der Waals surface area contributed by atoms with Gasteiger partial charge in [0.1, 0.15) is 6.54 Å². The molecule has 0 aromatic heterocycles. The van der Waals surface area contributed by atoms with Gasteiger partial charge in [0.05, 0.1) is 0 Å². The second-order valence-corrected chi connectivity index (χ2v) is 6.27. The van der Waals surface area contributed by atoms with Crippen molar-refractivity contribution < 1.29 is 9.59 Å². The molecule has 2 aromatic carbocycles. The van der Waals surface area contributed by atoms with E-state index in [0.29, 0.717) is 13.1 Å². The molecule has 0 aliphatic carbocycles. The molecule has 27 heavy (non-hydrogen) atoms. The summed E-state index contributed by atoms with van der Waals surface area (Å²) in [5.41, 5.74) is 8.22. The zero-order chi connectivity index (χ0) is 19.5. The molecule has 0 aliphatic heterocycles. The Kier molecular flexibility index (Phi) is 8.05. The SMILES string of the molecule is Cc1ccc(CNC(=O)NCC(=O)NNC(=S)NCc2ccccc2)cc1. The topological polar surface area (TPSA) is 94.3 Å². The Morgan fingerprint density at radius 2 is 1.44 bits per heavy atom. The second-order valence-electron chi connectivity index (χ2n) is 5.86. The summed E-state index contributed by atoms with van der Waals surface area (Å²) in [6, 6.07) is 17.1. The number of amides is 3. The fourth-order valence-electron chi connectivity index (χ4n) is 2.10. The van der Waals surface area contributed by atoms with Gasteiger partial charge in [-0.3, -0.25) is 15.6 Å². The van der Waals surface area contributed by atoms with Crippen molar-refractivity contribution in [2.24, 2.45) is 0 Å². The molecule has 0 atom stereocenters. The first kappa shape index (κ1) is 20.2. The summed E-state index contributed by atoms with van der Waals surface area (Å²) in [6.45, 7) is 2.76. The molecule has 8 heteroatoms. The number of aryl methyl sites for hydroxylation is 1. The van der Waals surface area contributed by atoms with Gasteiger partial charge in [-0.25, -0.2) is 4.79 Å². The Bertz CT molecular complexity index is 765. The molecule has 3 amide bonds. The zero-order valence-electron chi connectivity index (χ0n) is 15.0. The zero-order valence-corrected chi connectivity index (χ0v) is 15.9.